The van der Waals surface area contributed by atoms with Gasteiger partial charge in [-0.05, 0) is 104 Å². The van der Waals surface area contributed by atoms with Gasteiger partial charge in [0.1, 0.15) is 17.8 Å². The summed E-state index contributed by atoms with van der Waals surface area (Å²) in [6.45, 7) is 13.6. The molecule has 36 heavy (non-hydrogen) atoms. The zero-order chi connectivity index (χ0) is 25.8. The Labute approximate surface area is 216 Å². The summed E-state index contributed by atoms with van der Waals surface area (Å²) in [5, 5.41) is 10.9. The fraction of sp³-hybridized carbons (Fsp3) is 0.871. The lowest BCUT2D eigenvalue weighted by atomic mass is 9.44. The van der Waals surface area contributed by atoms with E-state index in [-0.39, 0.29) is 46.6 Å². The second kappa shape index (κ2) is 7.91. The predicted octanol–water partition coefficient (Wildman–Crippen LogP) is 5.49. The predicted molar refractivity (Wildman–Crippen MR) is 137 cm³/mol. The first kappa shape index (κ1) is 25.1. The van der Waals surface area contributed by atoms with Crippen LogP contribution in [0.15, 0.2) is 12.2 Å². The molecule has 12 unspecified atom stereocenters. The molecule has 5 nitrogen and oxygen atoms in total. The zero-order valence-corrected chi connectivity index (χ0v) is 23.1. The maximum absolute atomic E-state index is 13.4. The number of ether oxygens (including phenoxy) is 2. The summed E-state index contributed by atoms with van der Waals surface area (Å²) in [7, 11) is 0. The molecule has 0 aromatic heterocycles. The zero-order valence-electron chi connectivity index (χ0n) is 23.1. The van der Waals surface area contributed by atoms with Crippen LogP contribution in [0.4, 0.5) is 0 Å². The van der Waals surface area contributed by atoms with Gasteiger partial charge in [-0.3, -0.25) is 9.59 Å². The van der Waals surface area contributed by atoms with Crippen LogP contribution in [0, 0.1) is 51.8 Å². The number of ketones is 1. The van der Waals surface area contributed by atoms with E-state index in [0.717, 1.165) is 38.5 Å². The molecule has 5 fully saturated rings. The molecule has 0 amide bonds. The number of aliphatic hydroxyl groups is 1. The Balaban J connectivity index is 1.24. The fourth-order valence-corrected chi connectivity index (χ4v) is 10.7. The van der Waals surface area contributed by atoms with Crippen LogP contribution in [0.25, 0.3) is 0 Å². The normalized spacial score (nSPS) is 53.5. The SMILES string of the molecule is CCCC1C(=O)OC(C(C)C2CCC3C4CC5OC56C(O)C=CC(=O)C6(C)C4CCC23C)CC1(C)C. The quantitative estimate of drug-likeness (QED) is 0.410. The third-order valence-corrected chi connectivity index (χ3v) is 12.7. The van der Waals surface area contributed by atoms with Crippen molar-refractivity contribution in [1.82, 2.24) is 0 Å². The summed E-state index contributed by atoms with van der Waals surface area (Å²) in [5.41, 5.74) is -1.16. The number of allylic oxidation sites excluding steroid dienone is 1. The van der Waals surface area contributed by atoms with Crippen LogP contribution < -0.4 is 0 Å². The summed E-state index contributed by atoms with van der Waals surface area (Å²) < 4.78 is 12.5. The van der Waals surface area contributed by atoms with E-state index in [1.807, 2.05) is 0 Å². The molecule has 3 saturated carbocycles. The molecule has 200 valence electrons. The Morgan fingerprint density at radius 1 is 1.11 bits per heavy atom. The first-order valence-corrected chi connectivity index (χ1v) is 14.7. The number of fused-ring (bicyclic) bond motifs is 4. The first-order chi connectivity index (χ1) is 16.9. The second-order valence-electron chi connectivity index (χ2n) is 14.5. The van der Waals surface area contributed by atoms with Crippen molar-refractivity contribution in [3.05, 3.63) is 12.2 Å². The molecule has 6 rings (SSSR count). The molecular weight excluding hydrogens is 452 g/mol. The average Bonchev–Trinajstić information content (AvgIpc) is 3.45. The molecule has 0 aromatic rings. The fourth-order valence-electron chi connectivity index (χ4n) is 10.7. The van der Waals surface area contributed by atoms with Crippen LogP contribution >= 0.6 is 0 Å². The van der Waals surface area contributed by atoms with E-state index >= 15 is 0 Å². The molecule has 2 aliphatic heterocycles. The topological polar surface area (TPSA) is 76.1 Å². The van der Waals surface area contributed by atoms with E-state index in [9.17, 15) is 14.7 Å². The van der Waals surface area contributed by atoms with Crippen molar-refractivity contribution in [3.63, 3.8) is 0 Å². The van der Waals surface area contributed by atoms with Crippen LogP contribution in [-0.4, -0.2) is 40.8 Å². The number of hydrogen-bond donors (Lipinski definition) is 1. The van der Waals surface area contributed by atoms with Crippen LogP contribution in [0.1, 0.15) is 92.9 Å². The summed E-state index contributed by atoms with van der Waals surface area (Å²) in [5.74, 6) is 2.29. The summed E-state index contributed by atoms with van der Waals surface area (Å²) in [4.78, 5) is 26.4. The molecule has 1 spiro atoms. The lowest BCUT2D eigenvalue weighted by Gasteiger charge is -2.58. The molecule has 0 aromatic carbocycles. The van der Waals surface area contributed by atoms with E-state index in [0.29, 0.717) is 23.7 Å². The Morgan fingerprint density at radius 2 is 1.86 bits per heavy atom. The van der Waals surface area contributed by atoms with E-state index < -0.39 is 17.1 Å². The second-order valence-corrected chi connectivity index (χ2v) is 14.5. The molecule has 5 heteroatoms. The van der Waals surface area contributed by atoms with Crippen molar-refractivity contribution in [2.45, 2.75) is 117 Å². The molecule has 4 aliphatic carbocycles. The number of epoxide rings is 1. The summed E-state index contributed by atoms with van der Waals surface area (Å²) in [6, 6.07) is 0. The minimum atomic E-state index is -0.698. The number of hydrogen-bond acceptors (Lipinski definition) is 5. The van der Waals surface area contributed by atoms with Crippen LogP contribution in [0.2, 0.25) is 0 Å². The smallest absolute Gasteiger partial charge is 0.309 e. The van der Waals surface area contributed by atoms with Gasteiger partial charge >= 0.3 is 5.97 Å². The lowest BCUT2D eigenvalue weighted by molar-refractivity contribution is -0.180. The van der Waals surface area contributed by atoms with Crippen molar-refractivity contribution < 1.29 is 24.2 Å². The number of carbonyl (C=O) groups is 2. The molecule has 2 heterocycles. The van der Waals surface area contributed by atoms with Crippen LogP contribution in [-0.2, 0) is 19.1 Å². The van der Waals surface area contributed by atoms with Gasteiger partial charge in [0.25, 0.3) is 0 Å². The molecule has 2 saturated heterocycles. The maximum atomic E-state index is 13.4. The number of esters is 1. The van der Waals surface area contributed by atoms with Gasteiger partial charge in [0.15, 0.2) is 5.78 Å². The summed E-state index contributed by atoms with van der Waals surface area (Å²) >= 11 is 0. The standard InChI is InChI=1S/C31H46O5/c1-7-8-22-27(34)35-23(16-28(22,3)4)17(2)19-9-10-20-18-15-26-31(36-26)25(33)12-11-24(32)30(31,6)21(18)13-14-29(19,20)5/h11-12,17-23,25-26,33H,7-10,13-16H2,1-6H3. The molecule has 12 atom stereocenters. The lowest BCUT2D eigenvalue weighted by Crippen LogP contribution is -2.63. The largest absolute Gasteiger partial charge is 0.462 e. The third-order valence-electron chi connectivity index (χ3n) is 12.7. The van der Waals surface area contributed by atoms with Gasteiger partial charge in [-0.25, -0.2) is 0 Å². The van der Waals surface area contributed by atoms with Gasteiger partial charge < -0.3 is 14.6 Å². The Hall–Kier alpha value is -1.20. The van der Waals surface area contributed by atoms with Crippen molar-refractivity contribution in [2.24, 2.45) is 51.8 Å². The van der Waals surface area contributed by atoms with Gasteiger partial charge in [0.2, 0.25) is 0 Å². The van der Waals surface area contributed by atoms with E-state index in [4.69, 9.17) is 9.47 Å². The highest BCUT2D eigenvalue weighted by Gasteiger charge is 2.80. The molecule has 0 bridgehead atoms. The number of rotatable bonds is 4. The third kappa shape index (κ3) is 3.02. The highest BCUT2D eigenvalue weighted by Crippen LogP contribution is 2.73. The molecule has 6 aliphatic rings. The average molecular weight is 499 g/mol. The van der Waals surface area contributed by atoms with Gasteiger partial charge in [-0.15, -0.1) is 0 Å². The van der Waals surface area contributed by atoms with Gasteiger partial charge in [0, 0.05) is 0 Å². The summed E-state index contributed by atoms with van der Waals surface area (Å²) in [6.07, 6.45) is 10.8. The highest BCUT2D eigenvalue weighted by atomic mass is 16.6. The van der Waals surface area contributed by atoms with Crippen LogP contribution in [0.3, 0.4) is 0 Å². The first-order valence-electron chi connectivity index (χ1n) is 14.7. The monoisotopic (exact) mass is 498 g/mol. The van der Waals surface area contributed by atoms with Gasteiger partial charge in [-0.2, -0.15) is 0 Å². The van der Waals surface area contributed by atoms with Crippen molar-refractivity contribution in [1.29, 1.82) is 0 Å². The minimum Gasteiger partial charge on any atom is -0.462 e. The maximum Gasteiger partial charge on any atom is 0.309 e. The number of aliphatic hydroxyl groups excluding tert-OH is 1. The number of carbonyl (C=O) groups excluding carboxylic acids is 2. The van der Waals surface area contributed by atoms with E-state index in [1.165, 1.54) is 12.8 Å². The molecular formula is C31H46O5. The van der Waals surface area contributed by atoms with E-state index in [1.54, 1.807) is 12.2 Å². The Kier molecular flexibility index (Phi) is 5.52. The molecule has 1 N–H and O–H groups in total. The molecule has 0 radical (unpaired) electrons. The van der Waals surface area contributed by atoms with Crippen LogP contribution in [0.5, 0.6) is 0 Å². The van der Waals surface area contributed by atoms with Crippen molar-refractivity contribution in [2.75, 3.05) is 0 Å². The highest BCUT2D eigenvalue weighted by molar-refractivity contribution is 5.98. The van der Waals surface area contributed by atoms with Gasteiger partial charge in [0.05, 0.1) is 17.4 Å². The van der Waals surface area contributed by atoms with Crippen molar-refractivity contribution >= 4 is 11.8 Å². The Bertz CT molecular complexity index is 985. The van der Waals surface area contributed by atoms with Crippen molar-refractivity contribution in [3.8, 4) is 0 Å². The minimum absolute atomic E-state index is 0.00697. The van der Waals surface area contributed by atoms with E-state index in [2.05, 4.69) is 41.5 Å². The Morgan fingerprint density at radius 3 is 2.56 bits per heavy atom. The number of cyclic esters (lactones) is 1. The van der Waals surface area contributed by atoms with Gasteiger partial charge in [-0.1, -0.05) is 41.0 Å².